The molecule has 2 aliphatic rings. The van der Waals surface area contributed by atoms with E-state index in [4.69, 9.17) is 0 Å². The zero-order valence-electron chi connectivity index (χ0n) is 12.4. The summed E-state index contributed by atoms with van der Waals surface area (Å²) in [4.78, 5) is 30.9. The maximum atomic E-state index is 12.5. The van der Waals surface area contributed by atoms with Gasteiger partial charge in [-0.1, -0.05) is 18.2 Å². The molecule has 22 heavy (non-hydrogen) atoms. The van der Waals surface area contributed by atoms with Crippen LogP contribution in [-0.2, 0) is 6.42 Å². The lowest BCUT2D eigenvalue weighted by Crippen LogP contribution is -2.33. The fourth-order valence-electron chi connectivity index (χ4n) is 3.44. The normalized spacial score (nSPS) is 19.5. The Morgan fingerprint density at radius 2 is 1.77 bits per heavy atom. The number of aromatic nitrogens is 1. The van der Waals surface area contributed by atoms with Gasteiger partial charge < -0.3 is 0 Å². The van der Waals surface area contributed by atoms with E-state index >= 15 is 0 Å². The molecule has 1 unspecified atom stereocenters. The SMILES string of the molecule is Cc1ccc2c(n1)C(CN1C(=O)c3ccccc3C1=O)CC2. The topological polar surface area (TPSA) is 50.3 Å². The molecule has 4 rings (SSSR count). The molecule has 2 amide bonds. The Morgan fingerprint density at radius 1 is 1.09 bits per heavy atom. The minimum absolute atomic E-state index is 0.150. The number of nitrogens with zero attached hydrogens (tertiary/aromatic N) is 2. The van der Waals surface area contributed by atoms with Crippen molar-refractivity contribution in [2.75, 3.05) is 6.54 Å². The van der Waals surface area contributed by atoms with Crippen LogP contribution in [0.25, 0.3) is 0 Å². The first-order valence-corrected chi connectivity index (χ1v) is 7.57. The van der Waals surface area contributed by atoms with Gasteiger partial charge in [0.2, 0.25) is 0 Å². The van der Waals surface area contributed by atoms with E-state index in [1.807, 2.05) is 13.0 Å². The van der Waals surface area contributed by atoms with E-state index in [-0.39, 0.29) is 17.7 Å². The third-order valence-electron chi connectivity index (χ3n) is 4.58. The lowest BCUT2D eigenvalue weighted by Gasteiger charge is -2.19. The Bertz CT molecular complexity index is 762. The van der Waals surface area contributed by atoms with Gasteiger partial charge in [-0.15, -0.1) is 0 Å². The number of benzene rings is 1. The van der Waals surface area contributed by atoms with Crippen molar-refractivity contribution in [3.8, 4) is 0 Å². The Labute approximate surface area is 128 Å². The molecule has 1 aliphatic heterocycles. The number of hydrogen-bond donors (Lipinski definition) is 0. The summed E-state index contributed by atoms with van der Waals surface area (Å²) in [7, 11) is 0. The van der Waals surface area contributed by atoms with Gasteiger partial charge in [0.05, 0.1) is 11.1 Å². The molecule has 110 valence electrons. The Hall–Kier alpha value is -2.49. The van der Waals surface area contributed by atoms with Crippen LogP contribution in [0.2, 0.25) is 0 Å². The molecular weight excluding hydrogens is 276 g/mol. The molecule has 2 heterocycles. The van der Waals surface area contributed by atoms with Crippen LogP contribution in [-0.4, -0.2) is 28.2 Å². The lowest BCUT2D eigenvalue weighted by atomic mass is 10.1. The van der Waals surface area contributed by atoms with Crippen LogP contribution in [0.5, 0.6) is 0 Å². The Morgan fingerprint density at radius 3 is 2.45 bits per heavy atom. The van der Waals surface area contributed by atoms with Gasteiger partial charge in [0.1, 0.15) is 0 Å². The van der Waals surface area contributed by atoms with Crippen molar-refractivity contribution in [1.82, 2.24) is 9.88 Å². The molecule has 0 spiro atoms. The van der Waals surface area contributed by atoms with Gasteiger partial charge in [0.15, 0.2) is 0 Å². The van der Waals surface area contributed by atoms with Gasteiger partial charge in [-0.05, 0) is 43.5 Å². The predicted octanol–water partition coefficient (Wildman–Crippen LogP) is 2.72. The van der Waals surface area contributed by atoms with Crippen molar-refractivity contribution in [2.45, 2.75) is 25.7 Å². The molecule has 1 atom stereocenters. The van der Waals surface area contributed by atoms with Gasteiger partial charge in [-0.2, -0.15) is 0 Å². The quantitative estimate of drug-likeness (QED) is 0.800. The second-order valence-electron chi connectivity index (χ2n) is 6.00. The minimum Gasteiger partial charge on any atom is -0.274 e. The third-order valence-corrected chi connectivity index (χ3v) is 4.58. The zero-order chi connectivity index (χ0) is 15.3. The van der Waals surface area contributed by atoms with E-state index in [9.17, 15) is 9.59 Å². The average molecular weight is 292 g/mol. The molecule has 4 nitrogen and oxygen atoms in total. The first-order valence-electron chi connectivity index (χ1n) is 7.57. The van der Waals surface area contributed by atoms with E-state index < -0.39 is 0 Å². The third kappa shape index (κ3) is 1.87. The molecule has 1 aromatic carbocycles. The maximum absolute atomic E-state index is 12.5. The van der Waals surface area contributed by atoms with Crippen molar-refractivity contribution >= 4 is 11.8 Å². The fourth-order valence-corrected chi connectivity index (χ4v) is 3.44. The molecule has 1 aromatic heterocycles. The van der Waals surface area contributed by atoms with Gasteiger partial charge >= 0.3 is 0 Å². The lowest BCUT2D eigenvalue weighted by molar-refractivity contribution is 0.0644. The maximum Gasteiger partial charge on any atom is 0.261 e. The number of fused-ring (bicyclic) bond motifs is 2. The highest BCUT2D eigenvalue weighted by molar-refractivity contribution is 6.21. The monoisotopic (exact) mass is 292 g/mol. The number of pyridine rings is 1. The van der Waals surface area contributed by atoms with Crippen LogP contribution in [0.4, 0.5) is 0 Å². The number of imide groups is 1. The molecule has 0 radical (unpaired) electrons. The van der Waals surface area contributed by atoms with E-state index in [1.54, 1.807) is 24.3 Å². The van der Waals surface area contributed by atoms with Crippen LogP contribution in [0, 0.1) is 6.92 Å². The van der Waals surface area contributed by atoms with Crippen molar-refractivity contribution in [3.63, 3.8) is 0 Å². The number of hydrogen-bond acceptors (Lipinski definition) is 3. The van der Waals surface area contributed by atoms with Crippen molar-refractivity contribution in [2.24, 2.45) is 0 Å². The van der Waals surface area contributed by atoms with Gasteiger partial charge in [-0.3, -0.25) is 19.5 Å². The first kappa shape index (κ1) is 13.2. The van der Waals surface area contributed by atoms with Crippen LogP contribution >= 0.6 is 0 Å². The summed E-state index contributed by atoms with van der Waals surface area (Å²) in [5.41, 5.74) is 4.31. The molecule has 2 aromatic rings. The van der Waals surface area contributed by atoms with Crippen molar-refractivity contribution < 1.29 is 9.59 Å². The van der Waals surface area contributed by atoms with Crippen LogP contribution in [0.15, 0.2) is 36.4 Å². The van der Waals surface area contributed by atoms with Gasteiger partial charge in [-0.25, -0.2) is 0 Å². The summed E-state index contributed by atoms with van der Waals surface area (Å²) in [6.45, 7) is 2.40. The second-order valence-corrected chi connectivity index (χ2v) is 6.00. The number of rotatable bonds is 2. The van der Waals surface area contributed by atoms with Crippen molar-refractivity contribution in [3.05, 3.63) is 64.5 Å². The molecule has 0 N–H and O–H groups in total. The highest BCUT2D eigenvalue weighted by Gasteiger charge is 2.38. The highest BCUT2D eigenvalue weighted by atomic mass is 16.2. The first-order chi connectivity index (χ1) is 10.6. The number of amides is 2. The minimum atomic E-state index is -0.179. The Balaban J connectivity index is 1.63. The summed E-state index contributed by atoms with van der Waals surface area (Å²) < 4.78 is 0. The largest absolute Gasteiger partial charge is 0.274 e. The molecular formula is C18H16N2O2. The summed E-state index contributed by atoms with van der Waals surface area (Å²) in [5, 5.41) is 0. The predicted molar refractivity (Wildman–Crippen MR) is 81.8 cm³/mol. The van der Waals surface area contributed by atoms with Crippen molar-refractivity contribution in [1.29, 1.82) is 0 Å². The molecule has 0 bridgehead atoms. The standard InChI is InChI=1S/C18H16N2O2/c1-11-6-7-12-8-9-13(16(12)19-11)10-20-17(21)14-4-2-3-5-15(14)18(20)22/h2-7,13H,8-10H2,1H3. The molecule has 0 saturated carbocycles. The average Bonchev–Trinajstić information content (AvgIpc) is 3.03. The molecule has 0 fully saturated rings. The number of carbonyl (C=O) groups excluding carboxylic acids is 2. The smallest absolute Gasteiger partial charge is 0.261 e. The summed E-state index contributed by atoms with van der Waals surface area (Å²) in [6, 6.07) is 11.2. The number of aryl methyl sites for hydroxylation is 2. The van der Waals surface area contributed by atoms with E-state index in [0.717, 1.165) is 24.2 Å². The Kier molecular flexibility index (Phi) is 2.86. The zero-order valence-corrected chi connectivity index (χ0v) is 12.4. The van der Waals surface area contributed by atoms with E-state index in [1.165, 1.54) is 10.5 Å². The van der Waals surface area contributed by atoms with Gasteiger partial charge in [0.25, 0.3) is 11.8 Å². The highest BCUT2D eigenvalue weighted by Crippen LogP contribution is 2.34. The summed E-state index contributed by atoms with van der Waals surface area (Å²) in [5.74, 6) is -0.208. The van der Waals surface area contributed by atoms with E-state index in [2.05, 4.69) is 11.1 Å². The number of carbonyl (C=O) groups is 2. The molecule has 4 heteroatoms. The fraction of sp³-hybridized carbons (Fsp3) is 0.278. The second kappa shape index (κ2) is 4.77. The van der Waals surface area contributed by atoms with Crippen LogP contribution in [0.3, 0.4) is 0 Å². The van der Waals surface area contributed by atoms with Crippen LogP contribution in [0.1, 0.15) is 50.0 Å². The molecule has 0 saturated heterocycles. The van der Waals surface area contributed by atoms with Gasteiger partial charge in [0, 0.05) is 23.9 Å². The van der Waals surface area contributed by atoms with Crippen LogP contribution < -0.4 is 0 Å². The molecule has 1 aliphatic carbocycles. The summed E-state index contributed by atoms with van der Waals surface area (Å²) in [6.07, 6.45) is 1.91. The summed E-state index contributed by atoms with van der Waals surface area (Å²) >= 11 is 0. The van der Waals surface area contributed by atoms with E-state index in [0.29, 0.717) is 17.7 Å².